The van der Waals surface area contributed by atoms with Gasteiger partial charge in [-0.1, -0.05) is 77.3 Å². The molecular weight excluding hydrogens is 563 g/mol. The van der Waals surface area contributed by atoms with Gasteiger partial charge in [0.2, 0.25) is 0 Å². The molecule has 216 valence electrons. The Morgan fingerprint density at radius 1 is 1.02 bits per heavy atom. The summed E-state index contributed by atoms with van der Waals surface area (Å²) in [6, 6.07) is 14.7. The first-order valence-corrected chi connectivity index (χ1v) is 15.6. The number of halogens is 2. The van der Waals surface area contributed by atoms with Gasteiger partial charge in [-0.25, -0.2) is 0 Å². The number of hydrogen-bond donors (Lipinski definition) is 1. The van der Waals surface area contributed by atoms with E-state index in [0.717, 1.165) is 40.2 Å². The van der Waals surface area contributed by atoms with E-state index in [1.807, 2.05) is 31.2 Å². The third kappa shape index (κ3) is 6.97. The molecule has 0 bridgehead atoms. The van der Waals surface area contributed by atoms with Crippen molar-refractivity contribution < 1.29 is 4.74 Å². The standard InChI is InChI=1S/C35H36Cl2N4O/c1-24(35-31(36)21-38-22-32(35)37)42-29-12-14-34-30(20-29)33(39-40-34)13-11-25-7-9-28(10-8-25)23-41-17-15-27(16-18-41)19-26-5-3-2-4-6-26/h3,5-14,20-22,24,27H,2,4,15-19,23H2,1H3,(H,39,40)/b13-11+. The van der Waals surface area contributed by atoms with Crippen molar-refractivity contribution in [1.29, 1.82) is 0 Å². The fraction of sp³-hybridized carbons (Fsp3) is 0.314. The molecule has 6 rings (SSSR count). The normalized spacial score (nSPS) is 17.2. The van der Waals surface area contributed by atoms with Crippen LogP contribution in [0, 0.1) is 5.92 Å². The third-order valence-electron chi connectivity index (χ3n) is 8.30. The number of hydrogen-bond acceptors (Lipinski definition) is 4. The number of ether oxygens (including phenoxy) is 1. The first-order valence-electron chi connectivity index (χ1n) is 14.8. The number of fused-ring (bicyclic) bond motifs is 1. The van der Waals surface area contributed by atoms with E-state index >= 15 is 0 Å². The smallest absolute Gasteiger partial charge is 0.124 e. The molecule has 1 aliphatic heterocycles. The van der Waals surface area contributed by atoms with E-state index in [2.05, 4.69) is 68.7 Å². The number of nitrogens with zero attached hydrogens (tertiary/aromatic N) is 3. The Morgan fingerprint density at radius 2 is 1.81 bits per heavy atom. The van der Waals surface area contributed by atoms with Crippen molar-refractivity contribution in [2.24, 2.45) is 5.92 Å². The molecule has 42 heavy (non-hydrogen) atoms. The van der Waals surface area contributed by atoms with Gasteiger partial charge in [0.05, 0.1) is 21.3 Å². The van der Waals surface area contributed by atoms with Gasteiger partial charge in [-0.3, -0.25) is 15.0 Å². The number of benzene rings is 2. The molecule has 0 saturated carbocycles. The van der Waals surface area contributed by atoms with Gasteiger partial charge in [0.25, 0.3) is 0 Å². The summed E-state index contributed by atoms with van der Waals surface area (Å²) in [4.78, 5) is 6.63. The zero-order valence-electron chi connectivity index (χ0n) is 23.9. The van der Waals surface area contributed by atoms with Gasteiger partial charge in [-0.2, -0.15) is 5.10 Å². The lowest BCUT2D eigenvalue weighted by atomic mass is 9.88. The molecular formula is C35H36Cl2N4O. The van der Waals surface area contributed by atoms with Crippen LogP contribution in [0.1, 0.15) is 67.5 Å². The number of H-pyrrole nitrogens is 1. The highest BCUT2D eigenvalue weighted by atomic mass is 35.5. The van der Waals surface area contributed by atoms with Gasteiger partial charge >= 0.3 is 0 Å². The predicted molar refractivity (Wildman–Crippen MR) is 174 cm³/mol. The van der Waals surface area contributed by atoms with E-state index in [4.69, 9.17) is 27.9 Å². The van der Waals surface area contributed by atoms with E-state index < -0.39 is 0 Å². The Hall–Kier alpha value is -3.38. The Bertz CT molecular complexity index is 1590. The molecule has 1 fully saturated rings. The molecule has 3 heterocycles. The summed E-state index contributed by atoms with van der Waals surface area (Å²) in [5.74, 6) is 1.54. The largest absolute Gasteiger partial charge is 0.486 e. The van der Waals surface area contributed by atoms with Crippen LogP contribution in [-0.2, 0) is 6.54 Å². The van der Waals surface area contributed by atoms with Gasteiger partial charge in [0.1, 0.15) is 11.9 Å². The molecule has 7 heteroatoms. The highest BCUT2D eigenvalue weighted by Crippen LogP contribution is 2.34. The minimum atomic E-state index is -0.335. The predicted octanol–water partition coefficient (Wildman–Crippen LogP) is 9.45. The monoisotopic (exact) mass is 598 g/mol. The van der Waals surface area contributed by atoms with Crippen LogP contribution in [0.4, 0.5) is 0 Å². The van der Waals surface area contributed by atoms with E-state index in [1.54, 1.807) is 18.0 Å². The summed E-state index contributed by atoms with van der Waals surface area (Å²) in [7, 11) is 0. The molecule has 2 aromatic carbocycles. The van der Waals surface area contributed by atoms with E-state index in [-0.39, 0.29) is 6.10 Å². The summed E-state index contributed by atoms with van der Waals surface area (Å²) >= 11 is 12.7. The first kappa shape index (κ1) is 28.7. The number of nitrogens with one attached hydrogen (secondary N) is 1. The molecule has 0 spiro atoms. The summed E-state index contributed by atoms with van der Waals surface area (Å²) in [5, 5.41) is 9.60. The Kier molecular flexibility index (Phi) is 9.09. The molecule has 1 saturated heterocycles. The molecule has 4 aromatic rings. The van der Waals surface area contributed by atoms with Crippen molar-refractivity contribution in [1.82, 2.24) is 20.1 Å². The number of aromatic amines is 1. The fourth-order valence-electron chi connectivity index (χ4n) is 5.96. The van der Waals surface area contributed by atoms with E-state index in [0.29, 0.717) is 15.8 Å². The Balaban J connectivity index is 1.05. The molecule has 2 aromatic heterocycles. The maximum absolute atomic E-state index is 6.33. The molecule has 0 radical (unpaired) electrons. The van der Waals surface area contributed by atoms with Crippen LogP contribution in [0.15, 0.2) is 78.7 Å². The number of pyridine rings is 1. The first-order chi connectivity index (χ1) is 20.5. The number of aromatic nitrogens is 3. The minimum absolute atomic E-state index is 0.335. The van der Waals surface area contributed by atoms with Crippen molar-refractivity contribution >= 4 is 46.3 Å². The van der Waals surface area contributed by atoms with E-state index in [9.17, 15) is 0 Å². The quantitative estimate of drug-likeness (QED) is 0.208. The lowest BCUT2D eigenvalue weighted by molar-refractivity contribution is 0.177. The van der Waals surface area contributed by atoms with Gasteiger partial charge < -0.3 is 4.74 Å². The molecule has 1 aliphatic carbocycles. The molecule has 1 atom stereocenters. The average Bonchev–Trinajstić information content (AvgIpc) is 3.40. The zero-order chi connectivity index (χ0) is 28.9. The van der Waals surface area contributed by atoms with Gasteiger partial charge in [0.15, 0.2) is 0 Å². The number of rotatable bonds is 9. The van der Waals surface area contributed by atoms with Gasteiger partial charge in [-0.15, -0.1) is 0 Å². The topological polar surface area (TPSA) is 54.0 Å². The zero-order valence-corrected chi connectivity index (χ0v) is 25.4. The van der Waals surface area contributed by atoms with Crippen molar-refractivity contribution in [2.75, 3.05) is 13.1 Å². The van der Waals surface area contributed by atoms with Crippen LogP contribution < -0.4 is 4.74 Å². The molecule has 2 aliphatic rings. The van der Waals surface area contributed by atoms with E-state index in [1.165, 1.54) is 50.8 Å². The van der Waals surface area contributed by atoms with Crippen molar-refractivity contribution in [3.8, 4) is 5.75 Å². The Morgan fingerprint density at radius 3 is 2.55 bits per heavy atom. The lowest BCUT2D eigenvalue weighted by Crippen LogP contribution is -2.33. The van der Waals surface area contributed by atoms with Gasteiger partial charge in [-0.05, 0) is 93.4 Å². The van der Waals surface area contributed by atoms with Crippen molar-refractivity contribution in [3.05, 3.63) is 111 Å². The Labute approximate surface area is 257 Å². The average molecular weight is 600 g/mol. The summed E-state index contributed by atoms with van der Waals surface area (Å²) in [6.45, 7) is 5.30. The van der Waals surface area contributed by atoms with Crippen LogP contribution >= 0.6 is 23.2 Å². The van der Waals surface area contributed by atoms with Crippen LogP contribution in [-0.4, -0.2) is 33.2 Å². The van der Waals surface area contributed by atoms with Crippen LogP contribution in [0.5, 0.6) is 5.75 Å². The maximum Gasteiger partial charge on any atom is 0.124 e. The highest BCUT2D eigenvalue weighted by Gasteiger charge is 2.20. The maximum atomic E-state index is 6.33. The van der Waals surface area contributed by atoms with Crippen LogP contribution in [0.25, 0.3) is 23.1 Å². The highest BCUT2D eigenvalue weighted by molar-refractivity contribution is 6.35. The molecule has 1 N–H and O–H groups in total. The van der Waals surface area contributed by atoms with Crippen LogP contribution in [0.3, 0.4) is 0 Å². The third-order valence-corrected chi connectivity index (χ3v) is 8.90. The number of piperidine rings is 1. The summed E-state index contributed by atoms with van der Waals surface area (Å²) in [6.07, 6.45) is 20.3. The van der Waals surface area contributed by atoms with Crippen molar-refractivity contribution in [2.45, 2.75) is 51.7 Å². The molecule has 1 unspecified atom stereocenters. The second kappa shape index (κ2) is 13.3. The van der Waals surface area contributed by atoms with Gasteiger partial charge in [0, 0.05) is 29.9 Å². The molecule has 5 nitrogen and oxygen atoms in total. The van der Waals surface area contributed by atoms with Crippen molar-refractivity contribution in [3.63, 3.8) is 0 Å². The summed E-state index contributed by atoms with van der Waals surface area (Å²) in [5.41, 5.74) is 6.57. The minimum Gasteiger partial charge on any atom is -0.486 e. The number of allylic oxidation sites excluding steroid dienone is 4. The SMILES string of the molecule is CC(Oc1ccc2[nH]nc(/C=C/c3ccc(CN4CCC(CC5=CCCC=C5)CC4)cc3)c2c1)c1c(Cl)cncc1Cl. The lowest BCUT2D eigenvalue weighted by Gasteiger charge is -2.32. The summed E-state index contributed by atoms with van der Waals surface area (Å²) < 4.78 is 6.20. The second-order valence-electron chi connectivity index (χ2n) is 11.4. The fourth-order valence-corrected chi connectivity index (χ4v) is 6.63. The number of likely N-dealkylation sites (tertiary alicyclic amines) is 1. The second-order valence-corrected chi connectivity index (χ2v) is 12.2. The van der Waals surface area contributed by atoms with Crippen LogP contribution in [0.2, 0.25) is 10.0 Å². The molecule has 0 amide bonds.